The van der Waals surface area contributed by atoms with Crippen LogP contribution >= 0.6 is 34.4 Å². The first-order chi connectivity index (χ1) is 15.1. The van der Waals surface area contributed by atoms with E-state index < -0.39 is 0 Å². The van der Waals surface area contributed by atoms with E-state index in [4.69, 9.17) is 4.74 Å². The number of benzene rings is 2. The van der Waals surface area contributed by atoms with E-state index in [1.165, 1.54) is 22.7 Å². The van der Waals surface area contributed by atoms with Gasteiger partial charge in [-0.15, -0.1) is 34.4 Å². The molecule has 0 saturated heterocycles. The summed E-state index contributed by atoms with van der Waals surface area (Å²) in [4.78, 5) is 19.0. The van der Waals surface area contributed by atoms with Crippen molar-refractivity contribution in [3.05, 3.63) is 78.7 Å². The Labute approximate surface area is 191 Å². The molecule has 0 spiro atoms. The number of nitriles is 1. The third kappa shape index (κ3) is 4.50. The van der Waals surface area contributed by atoms with Crippen LogP contribution in [0.3, 0.4) is 0 Å². The zero-order valence-electron chi connectivity index (χ0n) is 17.0. The van der Waals surface area contributed by atoms with Crippen molar-refractivity contribution in [2.24, 2.45) is 0 Å². The molecule has 0 N–H and O–H groups in total. The minimum Gasteiger partial charge on any atom is -0.383 e. The minimum atomic E-state index is -0.125. The molecule has 31 heavy (non-hydrogen) atoms. The molecule has 0 unspecified atom stereocenters. The molecule has 2 aromatic carbocycles. The average molecular weight is 466 g/mol. The van der Waals surface area contributed by atoms with Gasteiger partial charge in [0.1, 0.15) is 21.3 Å². The Hall–Kier alpha value is -2.70. The number of ether oxygens (including phenoxy) is 1. The highest BCUT2D eigenvalue weighted by Gasteiger charge is 2.15. The fraction of sp³-hybridized carbons (Fsp3) is 0.174. The van der Waals surface area contributed by atoms with E-state index in [1.54, 1.807) is 23.4 Å². The highest BCUT2D eigenvalue weighted by Crippen LogP contribution is 2.25. The molecule has 4 rings (SSSR count). The number of fused-ring (bicyclic) bond motifs is 1. The minimum absolute atomic E-state index is 0.125. The van der Waals surface area contributed by atoms with E-state index in [1.807, 2.05) is 60.9 Å². The number of rotatable bonds is 6. The van der Waals surface area contributed by atoms with E-state index >= 15 is 0 Å². The van der Waals surface area contributed by atoms with Crippen LogP contribution in [0.4, 0.5) is 0 Å². The van der Waals surface area contributed by atoms with Crippen molar-refractivity contribution >= 4 is 56.3 Å². The van der Waals surface area contributed by atoms with Gasteiger partial charge in [-0.2, -0.15) is 5.26 Å². The Morgan fingerprint density at radius 1 is 1.23 bits per heavy atom. The maximum Gasteiger partial charge on any atom is 0.269 e. The molecular formula is C23H19N3O2S3. The summed E-state index contributed by atoms with van der Waals surface area (Å²) in [5.41, 5.74) is 2.08. The average Bonchev–Trinajstić information content (AvgIpc) is 3.35. The summed E-state index contributed by atoms with van der Waals surface area (Å²) in [6.45, 7) is 0.751. The second kappa shape index (κ2) is 9.62. The lowest BCUT2D eigenvalue weighted by molar-refractivity contribution is 0.186. The molecule has 8 heteroatoms. The SMILES string of the molecule is COCCn1c(=O)/c(=C\c2ccc(SC)cc2)s/c1=C(/C#N)c1nc2ccccc2s1. The quantitative estimate of drug-likeness (QED) is 0.408. The van der Waals surface area contributed by atoms with Gasteiger partial charge < -0.3 is 4.74 Å². The summed E-state index contributed by atoms with van der Waals surface area (Å²) < 4.78 is 9.02. The lowest BCUT2D eigenvalue weighted by atomic mass is 10.2. The monoisotopic (exact) mass is 465 g/mol. The maximum atomic E-state index is 13.2. The van der Waals surface area contributed by atoms with Crippen molar-refractivity contribution in [2.75, 3.05) is 20.0 Å². The maximum absolute atomic E-state index is 13.2. The van der Waals surface area contributed by atoms with Crippen LogP contribution in [-0.4, -0.2) is 29.5 Å². The molecule has 0 aliphatic heterocycles. The highest BCUT2D eigenvalue weighted by molar-refractivity contribution is 7.98. The molecule has 2 heterocycles. The van der Waals surface area contributed by atoms with Crippen LogP contribution in [0.15, 0.2) is 58.2 Å². The first-order valence-electron chi connectivity index (χ1n) is 9.49. The van der Waals surface area contributed by atoms with Crippen LogP contribution in [0, 0.1) is 11.3 Å². The van der Waals surface area contributed by atoms with Crippen LogP contribution in [-0.2, 0) is 11.3 Å². The lowest BCUT2D eigenvalue weighted by Crippen LogP contribution is -2.33. The molecule has 0 bridgehead atoms. The van der Waals surface area contributed by atoms with Crippen molar-refractivity contribution in [3.63, 3.8) is 0 Å². The number of thiazole rings is 2. The molecule has 0 aliphatic rings. The zero-order valence-corrected chi connectivity index (χ0v) is 19.4. The predicted octanol–water partition coefficient (Wildman–Crippen LogP) is 3.44. The van der Waals surface area contributed by atoms with Gasteiger partial charge in [-0.3, -0.25) is 9.36 Å². The van der Waals surface area contributed by atoms with Crippen LogP contribution in [0.1, 0.15) is 10.6 Å². The molecule has 0 amide bonds. The second-order valence-corrected chi connectivity index (χ2v) is 9.55. The van der Waals surface area contributed by atoms with Gasteiger partial charge in [-0.05, 0) is 42.2 Å². The highest BCUT2D eigenvalue weighted by atomic mass is 32.2. The van der Waals surface area contributed by atoms with Gasteiger partial charge in [0.15, 0.2) is 0 Å². The van der Waals surface area contributed by atoms with Crippen LogP contribution in [0.2, 0.25) is 0 Å². The summed E-state index contributed by atoms with van der Waals surface area (Å²) in [5, 5.41) is 10.6. The Morgan fingerprint density at radius 2 is 2.00 bits per heavy atom. The fourth-order valence-corrected chi connectivity index (χ4v) is 5.67. The number of nitrogens with zero attached hydrogens (tertiary/aromatic N) is 3. The lowest BCUT2D eigenvalue weighted by Gasteiger charge is -2.01. The van der Waals surface area contributed by atoms with Crippen LogP contribution in [0.5, 0.6) is 0 Å². The van der Waals surface area contributed by atoms with Gasteiger partial charge in [0.05, 0.1) is 27.9 Å². The summed E-state index contributed by atoms with van der Waals surface area (Å²) in [6, 6.07) is 18.1. The first-order valence-corrected chi connectivity index (χ1v) is 12.3. The molecule has 4 aromatic rings. The largest absolute Gasteiger partial charge is 0.383 e. The Balaban J connectivity index is 1.94. The van der Waals surface area contributed by atoms with Crippen molar-refractivity contribution < 1.29 is 4.74 Å². The third-order valence-corrected chi connectivity index (χ3v) is 7.60. The second-order valence-electron chi connectivity index (χ2n) is 6.61. The van der Waals surface area contributed by atoms with Gasteiger partial charge in [0, 0.05) is 12.0 Å². The molecule has 5 nitrogen and oxygen atoms in total. The first kappa shape index (κ1) is 21.5. The van der Waals surface area contributed by atoms with E-state index in [0.29, 0.717) is 32.9 Å². The number of methoxy groups -OCH3 is 1. The van der Waals surface area contributed by atoms with E-state index in [2.05, 4.69) is 11.1 Å². The molecule has 0 fully saturated rings. The van der Waals surface area contributed by atoms with Crippen molar-refractivity contribution in [1.29, 1.82) is 5.26 Å². The smallest absolute Gasteiger partial charge is 0.269 e. The zero-order chi connectivity index (χ0) is 21.8. The van der Waals surface area contributed by atoms with E-state index in [-0.39, 0.29) is 5.56 Å². The number of para-hydroxylation sites is 1. The number of aromatic nitrogens is 2. The molecule has 2 aromatic heterocycles. The van der Waals surface area contributed by atoms with E-state index in [9.17, 15) is 10.1 Å². The standard InChI is InChI=1S/C23H19N3O2S3/c1-28-12-11-26-22(27)20(13-15-7-9-16(29-2)10-8-15)31-23(26)17(14-24)21-25-18-5-3-4-6-19(18)30-21/h3-10,13H,11-12H2,1-2H3/b20-13+,23-17-. The van der Waals surface area contributed by atoms with Crippen LogP contribution < -0.4 is 14.8 Å². The predicted molar refractivity (Wildman–Crippen MR) is 129 cm³/mol. The molecule has 0 atom stereocenters. The van der Waals surface area contributed by atoms with Crippen molar-refractivity contribution in [2.45, 2.75) is 11.4 Å². The van der Waals surface area contributed by atoms with Gasteiger partial charge >= 0.3 is 0 Å². The fourth-order valence-electron chi connectivity index (χ4n) is 3.11. The third-order valence-electron chi connectivity index (χ3n) is 4.67. The van der Waals surface area contributed by atoms with Gasteiger partial charge in [0.25, 0.3) is 5.56 Å². The summed E-state index contributed by atoms with van der Waals surface area (Å²) >= 11 is 4.45. The topological polar surface area (TPSA) is 67.9 Å². The number of hydrogen-bond acceptors (Lipinski definition) is 7. The molecule has 0 aliphatic carbocycles. The molecular weight excluding hydrogens is 446 g/mol. The van der Waals surface area contributed by atoms with Crippen molar-refractivity contribution in [1.82, 2.24) is 9.55 Å². The Bertz CT molecular complexity index is 1410. The van der Waals surface area contributed by atoms with Gasteiger partial charge in [-0.25, -0.2) is 4.98 Å². The van der Waals surface area contributed by atoms with Crippen LogP contribution in [0.25, 0.3) is 21.9 Å². The summed E-state index contributed by atoms with van der Waals surface area (Å²) in [6.07, 6.45) is 3.90. The van der Waals surface area contributed by atoms with E-state index in [0.717, 1.165) is 20.7 Å². The normalized spacial score (nSPS) is 12.9. The molecule has 156 valence electrons. The molecule has 0 saturated carbocycles. The molecule has 0 radical (unpaired) electrons. The Kier molecular flexibility index (Phi) is 6.68. The number of thioether (sulfide) groups is 1. The Morgan fingerprint density at radius 3 is 2.68 bits per heavy atom. The van der Waals surface area contributed by atoms with Gasteiger partial charge in [-0.1, -0.05) is 24.3 Å². The summed E-state index contributed by atoms with van der Waals surface area (Å²) in [7, 11) is 1.60. The summed E-state index contributed by atoms with van der Waals surface area (Å²) in [5.74, 6) is 0. The number of hydrogen-bond donors (Lipinski definition) is 0. The van der Waals surface area contributed by atoms with Crippen molar-refractivity contribution in [3.8, 4) is 6.07 Å². The van der Waals surface area contributed by atoms with Gasteiger partial charge in [0.2, 0.25) is 0 Å².